The average molecular weight is 811 g/mol. The second kappa shape index (κ2) is 31.2. The lowest BCUT2D eigenvalue weighted by Gasteiger charge is -2.24. The number of carbonyl (C=O) groups is 2. The number of fused-ring (bicyclic) bond motifs is 3. The van der Waals surface area contributed by atoms with Gasteiger partial charge < -0.3 is 15.4 Å². The second-order valence-electron chi connectivity index (χ2n) is 15.5. The van der Waals surface area contributed by atoms with Crippen molar-refractivity contribution in [2.24, 2.45) is 0 Å². The number of likely N-dealkylation sites (N-methyl/N-ethyl adjacent to an activating group) is 1. The molecule has 1 aliphatic carbocycles. The first-order valence-corrected chi connectivity index (χ1v) is 24.3. The topological polar surface area (TPSA) is 73.9 Å². The fourth-order valence-corrected chi connectivity index (χ4v) is 8.22. The number of thioether (sulfide) groups is 1. The van der Waals surface area contributed by atoms with Gasteiger partial charge in [-0.15, -0.1) is 6.58 Å². The van der Waals surface area contributed by atoms with Crippen LogP contribution in [0.4, 0.5) is 4.79 Å². The van der Waals surface area contributed by atoms with Gasteiger partial charge in [0.05, 0.1) is 6.04 Å². The summed E-state index contributed by atoms with van der Waals surface area (Å²) in [4.78, 5) is 30.5. The Bertz CT molecular complexity index is 1300. The van der Waals surface area contributed by atoms with E-state index in [1.165, 1.54) is 80.9 Å². The summed E-state index contributed by atoms with van der Waals surface area (Å²) in [5.74, 6) is -0.00000551. The number of nitrogens with zero attached hydrogens (tertiary/aromatic N) is 2. The smallest absolute Gasteiger partial charge is 0.410 e. The summed E-state index contributed by atoms with van der Waals surface area (Å²) < 4.78 is 5.99. The van der Waals surface area contributed by atoms with Gasteiger partial charge in [0.2, 0.25) is 5.91 Å². The largest absolute Gasteiger partial charge is 0.445 e. The summed E-state index contributed by atoms with van der Waals surface area (Å²) in [7, 11) is 1.94. The molecule has 4 bridgehead atoms. The summed E-state index contributed by atoms with van der Waals surface area (Å²) in [5.41, 5.74) is 5.97. The first-order valence-electron chi connectivity index (χ1n) is 23.0. The van der Waals surface area contributed by atoms with Gasteiger partial charge in [-0.3, -0.25) is 14.6 Å². The van der Waals surface area contributed by atoms with Gasteiger partial charge in [0, 0.05) is 49.1 Å². The van der Waals surface area contributed by atoms with E-state index in [2.05, 4.69) is 54.8 Å². The van der Waals surface area contributed by atoms with E-state index in [9.17, 15) is 9.59 Å². The van der Waals surface area contributed by atoms with Crippen molar-refractivity contribution in [2.75, 3.05) is 19.8 Å². The van der Waals surface area contributed by atoms with Crippen molar-refractivity contribution in [3.63, 3.8) is 0 Å². The van der Waals surface area contributed by atoms with Crippen LogP contribution in [0.1, 0.15) is 174 Å². The molecule has 8 heteroatoms. The van der Waals surface area contributed by atoms with E-state index >= 15 is 0 Å². The highest BCUT2D eigenvalue weighted by atomic mass is 32.2. The van der Waals surface area contributed by atoms with Crippen molar-refractivity contribution in [2.45, 2.75) is 207 Å². The van der Waals surface area contributed by atoms with Crippen LogP contribution in [0.25, 0.3) is 0 Å². The van der Waals surface area contributed by atoms with Gasteiger partial charge in [-0.2, -0.15) is 11.8 Å². The number of rotatable bonds is 3. The SMILES string of the molecule is C=C[C@@H]1CCCCCCCCC(C(=C)C)NC(=O)C2C[C@H](CN2C)OC(=O)N2Cc3cccc(c3C2)CCCCCCCC(=C)N1.CC.CC.CC.CSC1CC1. The van der Waals surface area contributed by atoms with E-state index in [0.29, 0.717) is 32.1 Å². The minimum atomic E-state index is -0.312. The molecule has 1 saturated carbocycles. The Morgan fingerprint density at radius 1 is 0.807 bits per heavy atom. The van der Waals surface area contributed by atoms with Crippen molar-refractivity contribution in [3.8, 4) is 0 Å². The third kappa shape index (κ3) is 20.2. The van der Waals surface area contributed by atoms with Gasteiger partial charge in [0.1, 0.15) is 6.10 Å². The van der Waals surface area contributed by atoms with Crippen LogP contribution in [0.5, 0.6) is 0 Å². The van der Waals surface area contributed by atoms with E-state index in [-0.39, 0.29) is 30.2 Å². The minimum Gasteiger partial charge on any atom is -0.445 e. The average Bonchev–Trinajstić information content (AvgIpc) is 3.85. The first-order chi connectivity index (χ1) is 27.7. The van der Waals surface area contributed by atoms with Crippen LogP contribution >= 0.6 is 11.8 Å². The number of likely N-dealkylation sites (tertiary alicyclic amines) is 1. The van der Waals surface area contributed by atoms with Crippen LogP contribution in [0.3, 0.4) is 0 Å². The Kier molecular flexibility index (Phi) is 28.7. The van der Waals surface area contributed by atoms with Gasteiger partial charge in [0.25, 0.3) is 0 Å². The molecule has 2 amide bonds. The molecular weight excluding hydrogens is 725 g/mol. The van der Waals surface area contributed by atoms with E-state index in [0.717, 1.165) is 61.5 Å². The summed E-state index contributed by atoms with van der Waals surface area (Å²) in [6.45, 7) is 28.3. The van der Waals surface area contributed by atoms with Gasteiger partial charge in [-0.25, -0.2) is 4.79 Å². The molecule has 2 N–H and O–H groups in total. The van der Waals surface area contributed by atoms with Gasteiger partial charge in [-0.1, -0.05) is 142 Å². The monoisotopic (exact) mass is 811 g/mol. The van der Waals surface area contributed by atoms with Crippen LogP contribution < -0.4 is 10.6 Å². The van der Waals surface area contributed by atoms with Crippen molar-refractivity contribution < 1.29 is 14.3 Å². The third-order valence-corrected chi connectivity index (χ3v) is 12.2. The van der Waals surface area contributed by atoms with Crippen molar-refractivity contribution >= 4 is 23.8 Å². The Morgan fingerprint density at radius 2 is 1.39 bits per heavy atom. The van der Waals surface area contributed by atoms with Crippen LogP contribution in [0.2, 0.25) is 0 Å². The van der Waals surface area contributed by atoms with Crippen LogP contribution in [-0.4, -0.2) is 71.1 Å². The lowest BCUT2D eigenvalue weighted by atomic mass is 9.98. The molecule has 1 aromatic rings. The van der Waals surface area contributed by atoms with Crippen molar-refractivity contribution in [3.05, 3.63) is 72.0 Å². The number of hydrogen-bond donors (Lipinski definition) is 2. The maximum absolute atomic E-state index is 13.4. The number of hydrogen-bond acceptors (Lipinski definition) is 6. The number of allylic oxidation sites excluding steroid dienone is 1. The number of aryl methyl sites for hydroxylation is 1. The Morgan fingerprint density at radius 3 is 1.96 bits per heavy atom. The zero-order valence-corrected chi connectivity index (χ0v) is 39.0. The normalized spacial score (nSPS) is 24.4. The maximum Gasteiger partial charge on any atom is 0.410 e. The fraction of sp³-hybridized carbons (Fsp3) is 0.714. The highest BCUT2D eigenvalue weighted by molar-refractivity contribution is 7.99. The standard InChI is InChI=1S/C39H60N4O3.C4H8S.3C2H6/c1-6-33-23-16-12-7-8-13-17-24-36(29(2)3)41-38(44)37-25-34(27-42(37)5)46-39(45)43-26-32-22-18-21-31(35(32)28-43)20-15-11-9-10-14-19-30(4)40-33;1-5-4-2-3-4;3*1-2/h6,18,21-22,33-34,36-37,40H,1-2,4,7-17,19-20,23-28H2,3,5H3,(H,41,44);4H,2-3H2,1H3;3*1-2H3/t33-,34-,36?,37?;;;;/m1..../s1. The number of nitrogens with one attached hydrogen (secondary N) is 2. The molecule has 1 saturated heterocycles. The first kappa shape index (κ1) is 52.3. The van der Waals surface area contributed by atoms with Gasteiger partial charge >= 0.3 is 6.09 Å². The molecule has 0 spiro atoms. The summed E-state index contributed by atoms with van der Waals surface area (Å²) in [5, 5.41) is 7.91. The molecule has 326 valence electrons. The summed E-state index contributed by atoms with van der Waals surface area (Å²) >= 11 is 1.99. The molecule has 4 aliphatic rings. The quantitative estimate of drug-likeness (QED) is 0.296. The lowest BCUT2D eigenvalue weighted by molar-refractivity contribution is -0.125. The predicted octanol–water partition coefficient (Wildman–Crippen LogP) is 12.5. The van der Waals surface area contributed by atoms with Gasteiger partial charge in [-0.05, 0) is 88.3 Å². The number of benzene rings is 1. The number of amides is 2. The molecule has 2 unspecified atom stereocenters. The highest BCUT2D eigenvalue weighted by Crippen LogP contribution is 2.31. The number of carbonyl (C=O) groups excluding carboxylic acids is 2. The summed E-state index contributed by atoms with van der Waals surface area (Å²) in [6, 6.07) is 6.43. The van der Waals surface area contributed by atoms with E-state index in [4.69, 9.17) is 4.74 Å². The molecule has 4 atom stereocenters. The zero-order valence-electron chi connectivity index (χ0n) is 38.2. The van der Waals surface area contributed by atoms with Crippen LogP contribution in [-0.2, 0) is 29.0 Å². The second-order valence-corrected chi connectivity index (χ2v) is 16.6. The minimum absolute atomic E-state index is 0.00000551. The molecule has 2 fully saturated rings. The molecule has 3 heterocycles. The Labute approximate surface area is 355 Å². The molecule has 3 aliphatic heterocycles. The molecule has 0 radical (unpaired) electrons. The molecule has 5 rings (SSSR count). The fourth-order valence-electron chi connectivity index (χ4n) is 7.62. The van der Waals surface area contributed by atoms with Crippen molar-refractivity contribution in [1.82, 2.24) is 20.4 Å². The lowest BCUT2D eigenvalue weighted by Crippen LogP contribution is -2.46. The highest BCUT2D eigenvalue weighted by Gasteiger charge is 2.38. The Balaban J connectivity index is 0.00000131. The van der Waals surface area contributed by atoms with Gasteiger partial charge in [0.15, 0.2) is 0 Å². The predicted molar refractivity (Wildman–Crippen MR) is 249 cm³/mol. The Hall–Kier alpha value is -2.71. The molecular formula is C49H86N4O3S. The molecule has 57 heavy (non-hydrogen) atoms. The van der Waals surface area contributed by atoms with Crippen LogP contribution in [0.15, 0.2) is 55.3 Å². The van der Waals surface area contributed by atoms with E-state index in [1.807, 2.05) is 83.2 Å². The molecule has 7 nitrogen and oxygen atoms in total. The third-order valence-electron chi connectivity index (χ3n) is 11.0. The number of ether oxygens (including phenoxy) is 1. The van der Waals surface area contributed by atoms with E-state index < -0.39 is 0 Å². The van der Waals surface area contributed by atoms with E-state index in [1.54, 1.807) is 0 Å². The van der Waals surface area contributed by atoms with Crippen LogP contribution in [0, 0.1) is 0 Å². The molecule has 0 aromatic heterocycles. The maximum atomic E-state index is 13.4. The van der Waals surface area contributed by atoms with Crippen molar-refractivity contribution in [1.29, 1.82) is 0 Å². The molecule has 1 aromatic carbocycles. The zero-order chi connectivity index (χ0) is 42.6. The summed E-state index contributed by atoms with van der Waals surface area (Å²) in [6.07, 6.45) is 24.2.